The predicted octanol–water partition coefficient (Wildman–Crippen LogP) is 1.50. The van der Waals surface area contributed by atoms with Gasteiger partial charge in [0, 0.05) is 19.0 Å². The van der Waals surface area contributed by atoms with Crippen molar-refractivity contribution in [2.24, 2.45) is 5.92 Å². The molecule has 0 spiro atoms. The van der Waals surface area contributed by atoms with E-state index < -0.39 is 0 Å². The third-order valence-corrected chi connectivity index (χ3v) is 4.03. The molecule has 1 aliphatic rings. The van der Waals surface area contributed by atoms with Crippen molar-refractivity contribution in [1.82, 2.24) is 10.2 Å². The van der Waals surface area contributed by atoms with Gasteiger partial charge in [0.05, 0.1) is 0 Å². The van der Waals surface area contributed by atoms with E-state index in [1.54, 1.807) is 11.8 Å². The summed E-state index contributed by atoms with van der Waals surface area (Å²) in [4.78, 5) is 25.9. The standard InChI is InChI=1S/C13H24N2O2S/c1-9(2)12-13(17)15(7-5-11(16)14-12)10(3)6-8-18-4/h9-10,12H,5-8H2,1-4H3,(H,14,16). The van der Waals surface area contributed by atoms with E-state index >= 15 is 0 Å². The van der Waals surface area contributed by atoms with Gasteiger partial charge >= 0.3 is 0 Å². The van der Waals surface area contributed by atoms with Gasteiger partial charge in [0.15, 0.2) is 0 Å². The Labute approximate surface area is 114 Å². The normalized spacial score (nSPS) is 22.9. The van der Waals surface area contributed by atoms with Gasteiger partial charge in [0.2, 0.25) is 11.8 Å². The molecule has 0 aromatic heterocycles. The molecule has 5 heteroatoms. The van der Waals surface area contributed by atoms with Crippen molar-refractivity contribution in [2.75, 3.05) is 18.6 Å². The van der Waals surface area contributed by atoms with E-state index in [2.05, 4.69) is 18.5 Å². The molecule has 4 nitrogen and oxygen atoms in total. The number of nitrogens with one attached hydrogen (secondary N) is 1. The molecular formula is C13H24N2O2S. The highest BCUT2D eigenvalue weighted by atomic mass is 32.2. The minimum Gasteiger partial charge on any atom is -0.344 e. The van der Waals surface area contributed by atoms with E-state index in [4.69, 9.17) is 0 Å². The summed E-state index contributed by atoms with van der Waals surface area (Å²) in [6.07, 6.45) is 3.46. The molecule has 2 unspecified atom stereocenters. The van der Waals surface area contributed by atoms with Crippen LogP contribution in [0.1, 0.15) is 33.6 Å². The second-order valence-corrected chi connectivity index (χ2v) is 6.19. The maximum atomic E-state index is 12.4. The van der Waals surface area contributed by atoms with Gasteiger partial charge in [-0.05, 0) is 31.3 Å². The fraction of sp³-hybridized carbons (Fsp3) is 0.846. The molecule has 0 bridgehead atoms. The molecule has 2 amide bonds. The molecule has 1 heterocycles. The summed E-state index contributed by atoms with van der Waals surface area (Å²) in [6.45, 7) is 6.56. The predicted molar refractivity (Wildman–Crippen MR) is 75.6 cm³/mol. The monoisotopic (exact) mass is 272 g/mol. The third-order valence-electron chi connectivity index (χ3n) is 3.38. The summed E-state index contributed by atoms with van der Waals surface area (Å²) < 4.78 is 0. The van der Waals surface area contributed by atoms with Gasteiger partial charge in [-0.15, -0.1) is 0 Å². The van der Waals surface area contributed by atoms with Crippen LogP contribution in [0.15, 0.2) is 0 Å². The van der Waals surface area contributed by atoms with E-state index in [9.17, 15) is 9.59 Å². The first-order valence-corrected chi connectivity index (χ1v) is 7.95. The average Bonchev–Trinajstić information content (AvgIpc) is 2.46. The lowest BCUT2D eigenvalue weighted by Crippen LogP contribution is -2.50. The molecule has 1 fully saturated rings. The Morgan fingerprint density at radius 3 is 2.61 bits per heavy atom. The summed E-state index contributed by atoms with van der Waals surface area (Å²) in [7, 11) is 0. The van der Waals surface area contributed by atoms with Gasteiger partial charge in [0.1, 0.15) is 6.04 Å². The maximum Gasteiger partial charge on any atom is 0.245 e. The lowest BCUT2D eigenvalue weighted by Gasteiger charge is -2.31. The molecule has 0 aliphatic carbocycles. The van der Waals surface area contributed by atoms with Gasteiger partial charge in [-0.3, -0.25) is 9.59 Å². The first kappa shape index (κ1) is 15.3. The van der Waals surface area contributed by atoms with Gasteiger partial charge in [0.25, 0.3) is 0 Å². The van der Waals surface area contributed by atoms with Crippen molar-refractivity contribution in [2.45, 2.75) is 45.7 Å². The van der Waals surface area contributed by atoms with Crippen molar-refractivity contribution < 1.29 is 9.59 Å². The molecule has 1 N–H and O–H groups in total. The molecule has 2 atom stereocenters. The molecule has 0 aromatic carbocycles. The van der Waals surface area contributed by atoms with Gasteiger partial charge in [-0.25, -0.2) is 0 Å². The van der Waals surface area contributed by atoms with Crippen LogP contribution in [0.3, 0.4) is 0 Å². The number of hydrogen-bond donors (Lipinski definition) is 1. The van der Waals surface area contributed by atoms with E-state index in [0.717, 1.165) is 12.2 Å². The highest BCUT2D eigenvalue weighted by Gasteiger charge is 2.33. The zero-order chi connectivity index (χ0) is 13.7. The van der Waals surface area contributed by atoms with Gasteiger partial charge < -0.3 is 10.2 Å². The summed E-state index contributed by atoms with van der Waals surface area (Å²) in [5, 5.41) is 2.83. The molecule has 1 aliphatic heterocycles. The van der Waals surface area contributed by atoms with Crippen LogP contribution >= 0.6 is 11.8 Å². The number of thioether (sulfide) groups is 1. The molecule has 1 saturated heterocycles. The zero-order valence-corrected chi connectivity index (χ0v) is 12.5. The second-order valence-electron chi connectivity index (χ2n) is 5.20. The van der Waals surface area contributed by atoms with Gasteiger partial charge in [-0.1, -0.05) is 13.8 Å². The first-order valence-electron chi connectivity index (χ1n) is 6.56. The molecule has 1 rings (SSSR count). The van der Waals surface area contributed by atoms with Crippen LogP contribution in [-0.2, 0) is 9.59 Å². The third kappa shape index (κ3) is 3.90. The van der Waals surface area contributed by atoms with Crippen molar-refractivity contribution in [3.05, 3.63) is 0 Å². The van der Waals surface area contributed by atoms with Crippen LogP contribution in [0.5, 0.6) is 0 Å². The summed E-state index contributed by atoms with van der Waals surface area (Å²) in [6, 6.07) is -0.157. The minimum atomic E-state index is -0.364. The van der Waals surface area contributed by atoms with E-state index in [0.29, 0.717) is 13.0 Å². The number of carbonyl (C=O) groups excluding carboxylic acids is 2. The van der Waals surface area contributed by atoms with Crippen LogP contribution in [0, 0.1) is 5.92 Å². The number of amides is 2. The number of hydrogen-bond acceptors (Lipinski definition) is 3. The van der Waals surface area contributed by atoms with Crippen molar-refractivity contribution in [3.63, 3.8) is 0 Å². The van der Waals surface area contributed by atoms with Crippen molar-refractivity contribution in [3.8, 4) is 0 Å². The molecular weight excluding hydrogens is 248 g/mol. The van der Waals surface area contributed by atoms with Crippen LogP contribution in [-0.4, -0.2) is 47.4 Å². The average molecular weight is 272 g/mol. The minimum absolute atomic E-state index is 0.0124. The molecule has 0 saturated carbocycles. The smallest absolute Gasteiger partial charge is 0.245 e. The van der Waals surface area contributed by atoms with Crippen molar-refractivity contribution >= 4 is 23.6 Å². The Bertz CT molecular complexity index is 307. The number of rotatable bonds is 5. The van der Waals surface area contributed by atoms with Crippen molar-refractivity contribution in [1.29, 1.82) is 0 Å². The van der Waals surface area contributed by atoms with E-state index in [1.807, 2.05) is 18.7 Å². The Balaban J connectivity index is 2.76. The Morgan fingerprint density at radius 2 is 2.06 bits per heavy atom. The Morgan fingerprint density at radius 1 is 1.39 bits per heavy atom. The fourth-order valence-corrected chi connectivity index (χ4v) is 2.73. The number of nitrogens with zero attached hydrogens (tertiary/aromatic N) is 1. The largest absolute Gasteiger partial charge is 0.344 e. The molecule has 18 heavy (non-hydrogen) atoms. The van der Waals surface area contributed by atoms with Crippen LogP contribution in [0.4, 0.5) is 0 Å². The molecule has 0 aromatic rings. The summed E-state index contributed by atoms with van der Waals surface area (Å²) >= 11 is 1.79. The highest BCUT2D eigenvalue weighted by molar-refractivity contribution is 7.98. The highest BCUT2D eigenvalue weighted by Crippen LogP contribution is 2.16. The SMILES string of the molecule is CSCCC(C)N1CCC(=O)NC(C(C)C)C1=O. The topological polar surface area (TPSA) is 49.4 Å². The Kier molecular flexibility index (Phi) is 5.99. The Hall–Kier alpha value is -0.710. The zero-order valence-electron chi connectivity index (χ0n) is 11.7. The maximum absolute atomic E-state index is 12.4. The van der Waals surface area contributed by atoms with E-state index in [1.165, 1.54) is 0 Å². The van der Waals surface area contributed by atoms with E-state index in [-0.39, 0.29) is 29.8 Å². The molecule has 104 valence electrons. The second kappa shape index (κ2) is 7.02. The van der Waals surface area contributed by atoms with Crippen LogP contribution < -0.4 is 5.32 Å². The first-order chi connectivity index (χ1) is 8.47. The fourth-order valence-electron chi connectivity index (χ4n) is 2.15. The lowest BCUT2D eigenvalue weighted by molar-refractivity contribution is -0.136. The molecule has 0 radical (unpaired) electrons. The number of carbonyl (C=O) groups is 2. The summed E-state index contributed by atoms with van der Waals surface area (Å²) in [5.41, 5.74) is 0. The van der Waals surface area contributed by atoms with Crippen LogP contribution in [0.2, 0.25) is 0 Å². The van der Waals surface area contributed by atoms with Crippen LogP contribution in [0.25, 0.3) is 0 Å². The lowest BCUT2D eigenvalue weighted by atomic mass is 10.0. The quantitative estimate of drug-likeness (QED) is 0.825. The van der Waals surface area contributed by atoms with Gasteiger partial charge in [-0.2, -0.15) is 11.8 Å². The summed E-state index contributed by atoms with van der Waals surface area (Å²) in [5.74, 6) is 1.24.